The number of carbonyl (C=O) groups is 1. The molecule has 0 N–H and O–H groups in total. The summed E-state index contributed by atoms with van der Waals surface area (Å²) in [7, 11) is 1.57. The zero-order valence-corrected chi connectivity index (χ0v) is 16.5. The Labute approximate surface area is 164 Å². The van der Waals surface area contributed by atoms with Crippen molar-refractivity contribution in [3.8, 4) is 23.3 Å². The Kier molecular flexibility index (Phi) is 4.26. The van der Waals surface area contributed by atoms with Crippen molar-refractivity contribution in [1.82, 2.24) is 15.0 Å². The molecule has 6 nitrogen and oxygen atoms in total. The number of fused-ring (bicyclic) bond motifs is 3. The molecule has 0 spiro atoms. The first-order valence-electron chi connectivity index (χ1n) is 9.44. The van der Waals surface area contributed by atoms with E-state index in [2.05, 4.69) is 18.0 Å². The molecule has 0 saturated carbocycles. The summed E-state index contributed by atoms with van der Waals surface area (Å²) in [5.41, 5.74) is 3.58. The molecule has 0 aromatic carbocycles. The highest BCUT2D eigenvalue weighted by Gasteiger charge is 2.49. The number of rotatable bonds is 2. The molecule has 0 saturated heterocycles. The Hall–Kier alpha value is -3.07. The molecule has 0 bridgehead atoms. The lowest BCUT2D eigenvalue weighted by molar-refractivity contribution is -0.121. The molecule has 2 aromatic heterocycles. The highest BCUT2D eigenvalue weighted by molar-refractivity contribution is 6.02. The Morgan fingerprint density at radius 1 is 1.36 bits per heavy atom. The predicted molar refractivity (Wildman–Crippen MR) is 104 cm³/mol. The SMILES string of the molecule is COc1cc(-c2nc(C)c3c(n2)[C@]2(C)C=C(C#N)C(=O)[C@H](C)[C@H]2CC3)ccn1. The number of ether oxygens (including phenoxy) is 1. The standard InChI is InChI=1S/C22H22N4O2/c1-12-17-6-5-16-13(2)25-21(14-7-8-24-18(9-14)28-4)26-20(16)22(17,3)10-15(11-23)19(12)27/h7-10,12,17H,5-6H2,1-4H3/t12-,17-,22-/m1/s1. The molecule has 28 heavy (non-hydrogen) atoms. The Bertz CT molecular complexity index is 1050. The minimum absolute atomic E-state index is 0.0571. The molecule has 3 atom stereocenters. The van der Waals surface area contributed by atoms with Crippen molar-refractivity contribution in [2.45, 2.75) is 39.0 Å². The number of hydrogen-bond donors (Lipinski definition) is 0. The number of aromatic nitrogens is 3. The van der Waals surface area contributed by atoms with Crippen LogP contribution in [-0.4, -0.2) is 27.8 Å². The Morgan fingerprint density at radius 2 is 2.14 bits per heavy atom. The molecule has 0 fully saturated rings. The first kappa shape index (κ1) is 18.3. The number of carbonyl (C=O) groups excluding carboxylic acids is 1. The number of nitriles is 1. The molecule has 2 aromatic rings. The quantitative estimate of drug-likeness (QED) is 0.801. The summed E-state index contributed by atoms with van der Waals surface area (Å²) in [5, 5.41) is 9.48. The van der Waals surface area contributed by atoms with Crippen LogP contribution in [0, 0.1) is 30.1 Å². The molecule has 4 rings (SSSR count). The van der Waals surface area contributed by atoms with Gasteiger partial charge in [0.05, 0.1) is 18.4 Å². The van der Waals surface area contributed by atoms with Gasteiger partial charge in [0, 0.05) is 34.9 Å². The van der Waals surface area contributed by atoms with Crippen molar-refractivity contribution in [1.29, 1.82) is 5.26 Å². The summed E-state index contributed by atoms with van der Waals surface area (Å²) in [6.45, 7) is 6.03. The third kappa shape index (κ3) is 2.62. The zero-order chi connectivity index (χ0) is 20.1. The van der Waals surface area contributed by atoms with Gasteiger partial charge in [-0.05, 0) is 37.3 Å². The lowest BCUT2D eigenvalue weighted by Gasteiger charge is -2.45. The third-order valence-corrected chi connectivity index (χ3v) is 6.25. The van der Waals surface area contributed by atoms with Gasteiger partial charge < -0.3 is 4.74 Å². The van der Waals surface area contributed by atoms with Crippen molar-refractivity contribution in [2.75, 3.05) is 7.11 Å². The van der Waals surface area contributed by atoms with Crippen LogP contribution < -0.4 is 4.74 Å². The van der Waals surface area contributed by atoms with Crippen molar-refractivity contribution in [2.24, 2.45) is 11.8 Å². The molecule has 142 valence electrons. The average Bonchev–Trinajstić information content (AvgIpc) is 2.71. The largest absolute Gasteiger partial charge is 0.481 e. The summed E-state index contributed by atoms with van der Waals surface area (Å²) in [4.78, 5) is 26.4. The van der Waals surface area contributed by atoms with Crippen LogP contribution in [0.5, 0.6) is 5.88 Å². The van der Waals surface area contributed by atoms with Gasteiger partial charge in [-0.15, -0.1) is 0 Å². The smallest absolute Gasteiger partial charge is 0.213 e. The Morgan fingerprint density at radius 3 is 2.86 bits per heavy atom. The fraction of sp³-hybridized carbons (Fsp3) is 0.409. The average molecular weight is 374 g/mol. The van der Waals surface area contributed by atoms with Crippen molar-refractivity contribution < 1.29 is 9.53 Å². The molecular formula is C22H22N4O2. The summed E-state index contributed by atoms with van der Waals surface area (Å²) >= 11 is 0. The first-order chi connectivity index (χ1) is 13.4. The van der Waals surface area contributed by atoms with Crippen molar-refractivity contribution in [3.63, 3.8) is 0 Å². The number of nitrogens with zero attached hydrogens (tertiary/aromatic N) is 4. The van der Waals surface area contributed by atoms with E-state index in [1.54, 1.807) is 13.3 Å². The lowest BCUT2D eigenvalue weighted by atomic mass is 9.57. The van der Waals surface area contributed by atoms with E-state index in [0.717, 1.165) is 35.4 Å². The maximum Gasteiger partial charge on any atom is 0.213 e. The number of methoxy groups -OCH3 is 1. The van der Waals surface area contributed by atoms with E-state index in [-0.39, 0.29) is 23.2 Å². The van der Waals surface area contributed by atoms with Crippen LogP contribution >= 0.6 is 0 Å². The number of ketones is 1. The first-order valence-corrected chi connectivity index (χ1v) is 9.44. The van der Waals surface area contributed by atoms with E-state index in [1.165, 1.54) is 0 Å². The predicted octanol–water partition coefficient (Wildman–Crippen LogP) is 3.34. The zero-order valence-electron chi connectivity index (χ0n) is 16.5. The van der Waals surface area contributed by atoms with Crippen LogP contribution in [0.4, 0.5) is 0 Å². The van der Waals surface area contributed by atoms with Gasteiger partial charge in [-0.1, -0.05) is 19.9 Å². The monoisotopic (exact) mass is 374 g/mol. The fourth-order valence-electron chi connectivity index (χ4n) is 4.74. The van der Waals surface area contributed by atoms with Crippen LogP contribution in [0.2, 0.25) is 0 Å². The van der Waals surface area contributed by atoms with E-state index in [0.29, 0.717) is 11.7 Å². The summed E-state index contributed by atoms with van der Waals surface area (Å²) in [5.74, 6) is 0.981. The molecule has 2 heterocycles. The number of allylic oxidation sites excluding steroid dienone is 2. The van der Waals surface area contributed by atoms with Gasteiger partial charge in [0.1, 0.15) is 6.07 Å². The summed E-state index contributed by atoms with van der Waals surface area (Å²) in [6, 6.07) is 5.76. The lowest BCUT2D eigenvalue weighted by Crippen LogP contribution is -2.46. The van der Waals surface area contributed by atoms with Gasteiger partial charge in [0.25, 0.3) is 0 Å². The van der Waals surface area contributed by atoms with Gasteiger partial charge >= 0.3 is 0 Å². The summed E-state index contributed by atoms with van der Waals surface area (Å²) < 4.78 is 5.23. The van der Waals surface area contributed by atoms with Crippen molar-refractivity contribution in [3.05, 3.63) is 46.9 Å². The minimum Gasteiger partial charge on any atom is -0.481 e. The van der Waals surface area contributed by atoms with Crippen LogP contribution in [0.1, 0.15) is 37.2 Å². The molecule has 6 heteroatoms. The normalized spacial score (nSPS) is 26.0. The van der Waals surface area contributed by atoms with E-state index >= 15 is 0 Å². The fourth-order valence-corrected chi connectivity index (χ4v) is 4.74. The maximum absolute atomic E-state index is 12.5. The third-order valence-electron chi connectivity index (χ3n) is 6.25. The van der Waals surface area contributed by atoms with Gasteiger partial charge in [-0.2, -0.15) is 5.26 Å². The van der Waals surface area contributed by atoms with E-state index in [4.69, 9.17) is 14.7 Å². The summed E-state index contributed by atoms with van der Waals surface area (Å²) in [6.07, 6.45) is 5.24. The molecule has 2 aliphatic carbocycles. The van der Waals surface area contributed by atoms with Crippen LogP contribution in [-0.2, 0) is 16.6 Å². The van der Waals surface area contributed by atoms with Gasteiger partial charge in [-0.25, -0.2) is 15.0 Å². The van der Waals surface area contributed by atoms with Crippen LogP contribution in [0.25, 0.3) is 11.4 Å². The number of hydrogen-bond acceptors (Lipinski definition) is 6. The van der Waals surface area contributed by atoms with E-state index in [9.17, 15) is 10.1 Å². The molecule has 2 aliphatic rings. The molecule has 0 aliphatic heterocycles. The van der Waals surface area contributed by atoms with E-state index in [1.807, 2.05) is 32.1 Å². The second-order valence-corrected chi connectivity index (χ2v) is 7.80. The van der Waals surface area contributed by atoms with Crippen LogP contribution in [0.3, 0.4) is 0 Å². The number of Topliss-reactive ketones (excluding diaryl/α,β-unsaturated/α-hetero) is 1. The van der Waals surface area contributed by atoms with Crippen molar-refractivity contribution >= 4 is 5.78 Å². The second-order valence-electron chi connectivity index (χ2n) is 7.80. The number of pyridine rings is 1. The topological polar surface area (TPSA) is 88.8 Å². The minimum atomic E-state index is -0.467. The molecule has 0 unspecified atom stereocenters. The molecule has 0 amide bonds. The second kappa shape index (κ2) is 6.52. The highest BCUT2D eigenvalue weighted by atomic mass is 16.5. The van der Waals surface area contributed by atoms with Gasteiger partial charge in [-0.3, -0.25) is 4.79 Å². The molecule has 0 radical (unpaired) electrons. The van der Waals surface area contributed by atoms with Gasteiger partial charge in [0.15, 0.2) is 11.6 Å². The van der Waals surface area contributed by atoms with E-state index < -0.39 is 5.41 Å². The molecular weight excluding hydrogens is 352 g/mol. The number of aryl methyl sites for hydroxylation is 1. The highest BCUT2D eigenvalue weighted by Crippen LogP contribution is 2.49. The maximum atomic E-state index is 12.5. The van der Waals surface area contributed by atoms with Crippen LogP contribution in [0.15, 0.2) is 30.0 Å². The Balaban J connectivity index is 1.93. The van der Waals surface area contributed by atoms with Gasteiger partial charge in [0.2, 0.25) is 5.88 Å².